The molecular weight excluding hydrogens is 288 g/mol. The zero-order chi connectivity index (χ0) is 16.7. The first-order valence-corrected chi connectivity index (χ1v) is 8.70. The van der Waals surface area contributed by atoms with Crippen LogP contribution >= 0.6 is 0 Å². The van der Waals surface area contributed by atoms with E-state index in [2.05, 4.69) is 5.32 Å². The molecule has 1 atom stereocenters. The summed E-state index contributed by atoms with van der Waals surface area (Å²) in [7, 11) is 0. The third-order valence-electron chi connectivity index (χ3n) is 4.40. The monoisotopic (exact) mass is 316 g/mol. The normalized spacial score (nSPS) is 16.2. The van der Waals surface area contributed by atoms with Crippen molar-refractivity contribution in [1.29, 1.82) is 0 Å². The van der Waals surface area contributed by atoms with E-state index in [0.717, 1.165) is 31.5 Å². The molecule has 1 aliphatic heterocycles. The molecule has 0 bridgehead atoms. The van der Waals surface area contributed by atoms with Crippen LogP contribution < -0.4 is 5.32 Å². The van der Waals surface area contributed by atoms with Gasteiger partial charge in [-0.15, -0.1) is 0 Å². The molecule has 23 heavy (non-hydrogen) atoms. The number of rotatable bonds is 6. The number of nitrogens with one attached hydrogen (secondary N) is 1. The van der Waals surface area contributed by atoms with Crippen LogP contribution in [0.1, 0.15) is 45.1 Å². The number of hydrogen-bond acceptors (Lipinski definition) is 2. The van der Waals surface area contributed by atoms with Crippen molar-refractivity contribution >= 4 is 11.8 Å². The average molecular weight is 316 g/mol. The summed E-state index contributed by atoms with van der Waals surface area (Å²) in [6, 6.07) is 9.55. The van der Waals surface area contributed by atoms with E-state index >= 15 is 0 Å². The zero-order valence-corrected chi connectivity index (χ0v) is 14.3. The Labute approximate surface area is 139 Å². The maximum absolute atomic E-state index is 12.7. The van der Waals surface area contributed by atoms with Crippen molar-refractivity contribution in [2.24, 2.45) is 5.92 Å². The van der Waals surface area contributed by atoms with Crippen molar-refractivity contribution in [3.8, 4) is 0 Å². The Morgan fingerprint density at radius 2 is 1.74 bits per heavy atom. The highest BCUT2D eigenvalue weighted by molar-refractivity contribution is 5.88. The van der Waals surface area contributed by atoms with Crippen LogP contribution in [-0.4, -0.2) is 35.8 Å². The molecule has 2 amide bonds. The summed E-state index contributed by atoms with van der Waals surface area (Å²) in [5.41, 5.74) is 1.14. The van der Waals surface area contributed by atoms with Crippen molar-refractivity contribution in [3.63, 3.8) is 0 Å². The minimum Gasteiger partial charge on any atom is -0.344 e. The van der Waals surface area contributed by atoms with E-state index in [4.69, 9.17) is 0 Å². The fourth-order valence-corrected chi connectivity index (χ4v) is 2.97. The summed E-state index contributed by atoms with van der Waals surface area (Å²) in [4.78, 5) is 26.8. The predicted octanol–water partition coefficient (Wildman–Crippen LogP) is 2.77. The smallest absolute Gasteiger partial charge is 0.245 e. The summed E-state index contributed by atoms with van der Waals surface area (Å²) in [6.07, 6.45) is 4.45. The van der Waals surface area contributed by atoms with Crippen LogP contribution in [0.3, 0.4) is 0 Å². The molecule has 0 radical (unpaired) electrons. The fourth-order valence-electron chi connectivity index (χ4n) is 2.97. The maximum atomic E-state index is 12.7. The molecule has 126 valence electrons. The van der Waals surface area contributed by atoms with Gasteiger partial charge in [0.05, 0.1) is 0 Å². The second-order valence-corrected chi connectivity index (χ2v) is 6.66. The van der Waals surface area contributed by atoms with Crippen molar-refractivity contribution in [3.05, 3.63) is 35.9 Å². The first-order valence-electron chi connectivity index (χ1n) is 8.70. The molecule has 0 saturated carbocycles. The second kappa shape index (κ2) is 8.70. The number of carbonyl (C=O) groups excluding carboxylic acids is 2. The van der Waals surface area contributed by atoms with Gasteiger partial charge in [-0.3, -0.25) is 9.59 Å². The van der Waals surface area contributed by atoms with Crippen LogP contribution in [0.5, 0.6) is 0 Å². The lowest BCUT2D eigenvalue weighted by atomic mass is 10.0. The van der Waals surface area contributed by atoms with Crippen molar-refractivity contribution in [2.45, 2.75) is 52.0 Å². The first kappa shape index (κ1) is 17.5. The Morgan fingerprint density at radius 1 is 1.09 bits per heavy atom. The summed E-state index contributed by atoms with van der Waals surface area (Å²) in [5.74, 6) is 0.135. The van der Waals surface area contributed by atoms with Gasteiger partial charge in [-0.2, -0.15) is 0 Å². The van der Waals surface area contributed by atoms with Gasteiger partial charge < -0.3 is 10.2 Å². The number of nitrogens with zero attached hydrogens (tertiary/aromatic N) is 1. The topological polar surface area (TPSA) is 49.4 Å². The van der Waals surface area contributed by atoms with Crippen LogP contribution in [0, 0.1) is 5.92 Å². The minimum absolute atomic E-state index is 0.0436. The third-order valence-corrected chi connectivity index (χ3v) is 4.40. The lowest BCUT2D eigenvalue weighted by molar-refractivity contribution is -0.138. The first-order chi connectivity index (χ1) is 11.1. The van der Waals surface area contributed by atoms with Gasteiger partial charge in [-0.1, -0.05) is 44.2 Å². The summed E-state index contributed by atoms with van der Waals surface area (Å²) >= 11 is 0. The van der Waals surface area contributed by atoms with E-state index in [-0.39, 0.29) is 17.7 Å². The van der Waals surface area contributed by atoms with Crippen molar-refractivity contribution < 1.29 is 9.59 Å². The molecule has 1 heterocycles. The number of hydrogen-bond donors (Lipinski definition) is 1. The zero-order valence-electron chi connectivity index (χ0n) is 14.3. The lowest BCUT2D eigenvalue weighted by Crippen LogP contribution is -2.52. The highest BCUT2D eigenvalue weighted by atomic mass is 16.2. The van der Waals surface area contributed by atoms with Gasteiger partial charge >= 0.3 is 0 Å². The maximum Gasteiger partial charge on any atom is 0.245 e. The van der Waals surface area contributed by atoms with Gasteiger partial charge in [-0.05, 0) is 37.2 Å². The van der Waals surface area contributed by atoms with Gasteiger partial charge in [0.25, 0.3) is 0 Å². The van der Waals surface area contributed by atoms with E-state index in [1.165, 1.54) is 6.42 Å². The van der Waals surface area contributed by atoms with Crippen molar-refractivity contribution in [2.75, 3.05) is 13.1 Å². The molecule has 1 aromatic carbocycles. The molecule has 1 N–H and O–H groups in total. The van der Waals surface area contributed by atoms with Gasteiger partial charge in [0.15, 0.2) is 0 Å². The number of piperidine rings is 1. The summed E-state index contributed by atoms with van der Waals surface area (Å²) in [5, 5.41) is 2.95. The number of carbonyl (C=O) groups is 2. The Balaban J connectivity index is 1.87. The summed E-state index contributed by atoms with van der Waals surface area (Å²) in [6.45, 7) is 5.62. The Morgan fingerprint density at radius 3 is 2.35 bits per heavy atom. The largest absolute Gasteiger partial charge is 0.344 e. The predicted molar refractivity (Wildman–Crippen MR) is 92.0 cm³/mol. The van der Waals surface area contributed by atoms with E-state index < -0.39 is 6.04 Å². The molecular formula is C19H28N2O2. The molecule has 0 unspecified atom stereocenters. The quantitative estimate of drug-likeness (QED) is 0.877. The van der Waals surface area contributed by atoms with Crippen molar-refractivity contribution in [1.82, 2.24) is 10.2 Å². The molecule has 1 saturated heterocycles. The molecule has 1 aliphatic rings. The van der Waals surface area contributed by atoms with E-state index in [0.29, 0.717) is 12.8 Å². The van der Waals surface area contributed by atoms with Crippen LogP contribution in [-0.2, 0) is 16.0 Å². The molecule has 2 rings (SSSR count). The Bertz CT molecular complexity index is 507. The SMILES string of the molecule is CC(C)[C@@H](NC(=O)CCc1ccccc1)C(=O)N1CCCCC1. The molecule has 0 aromatic heterocycles. The average Bonchev–Trinajstić information content (AvgIpc) is 2.58. The van der Waals surface area contributed by atoms with Gasteiger partial charge in [0.1, 0.15) is 6.04 Å². The summed E-state index contributed by atoms with van der Waals surface area (Å²) < 4.78 is 0. The number of aryl methyl sites for hydroxylation is 1. The van der Waals surface area contributed by atoms with E-state index in [9.17, 15) is 9.59 Å². The van der Waals surface area contributed by atoms with Gasteiger partial charge in [0, 0.05) is 19.5 Å². The molecule has 4 heteroatoms. The fraction of sp³-hybridized carbons (Fsp3) is 0.579. The Hall–Kier alpha value is -1.84. The standard InChI is InChI=1S/C19H28N2O2/c1-15(2)18(19(23)21-13-7-4-8-14-21)20-17(22)12-11-16-9-5-3-6-10-16/h3,5-6,9-10,15,18H,4,7-8,11-14H2,1-2H3,(H,20,22)/t18-/m1/s1. The number of benzene rings is 1. The second-order valence-electron chi connectivity index (χ2n) is 6.66. The third kappa shape index (κ3) is 5.38. The molecule has 1 fully saturated rings. The highest BCUT2D eigenvalue weighted by Gasteiger charge is 2.29. The van der Waals surface area contributed by atoms with E-state index in [1.807, 2.05) is 49.1 Å². The van der Waals surface area contributed by atoms with E-state index in [1.54, 1.807) is 0 Å². The lowest BCUT2D eigenvalue weighted by Gasteiger charge is -2.32. The molecule has 4 nitrogen and oxygen atoms in total. The molecule has 0 spiro atoms. The molecule has 1 aromatic rings. The highest BCUT2D eigenvalue weighted by Crippen LogP contribution is 2.14. The van der Waals surface area contributed by atoms with Gasteiger partial charge in [0.2, 0.25) is 11.8 Å². The van der Waals surface area contributed by atoms with Crippen LogP contribution in [0.4, 0.5) is 0 Å². The number of likely N-dealkylation sites (tertiary alicyclic amines) is 1. The van der Waals surface area contributed by atoms with Crippen LogP contribution in [0.25, 0.3) is 0 Å². The Kier molecular flexibility index (Phi) is 6.63. The van der Waals surface area contributed by atoms with Crippen LogP contribution in [0.2, 0.25) is 0 Å². The van der Waals surface area contributed by atoms with Gasteiger partial charge in [-0.25, -0.2) is 0 Å². The van der Waals surface area contributed by atoms with Crippen LogP contribution in [0.15, 0.2) is 30.3 Å². The molecule has 0 aliphatic carbocycles. The number of amides is 2. The minimum atomic E-state index is -0.406.